The molecule has 0 aromatic carbocycles. The van der Waals surface area contributed by atoms with E-state index in [0.717, 1.165) is 0 Å². The van der Waals surface area contributed by atoms with Crippen molar-refractivity contribution in [2.24, 2.45) is 0 Å². The summed E-state index contributed by atoms with van der Waals surface area (Å²) < 4.78 is 0. The van der Waals surface area contributed by atoms with Crippen molar-refractivity contribution >= 4 is 0 Å². The normalized spacial score (nSPS) is 0. The third kappa shape index (κ3) is 8.88. The van der Waals surface area contributed by atoms with Gasteiger partial charge in [-0.1, -0.05) is 0 Å². The number of halogens is 1. The fourth-order valence-electron chi connectivity index (χ4n) is 0. The molecule has 4 heteroatoms. The minimum absolute atomic E-state index is 0. The van der Waals surface area contributed by atoms with Gasteiger partial charge in [0.1, 0.15) is 0 Å². The van der Waals surface area contributed by atoms with Crippen LogP contribution in [0.15, 0.2) is 0 Å². The largest absolute Gasteiger partial charge is 1.00 e. The monoisotopic (exact) mass is 275 g/mol. The second-order valence-corrected chi connectivity index (χ2v) is 0. The molecule has 21 valence electrons. The van der Waals surface area contributed by atoms with Crippen LogP contribution >= 0.6 is 0 Å². The predicted octanol–water partition coefficient (Wildman–Crippen LogP) is -2.73. The Labute approximate surface area is 95.4 Å². The zero-order valence-corrected chi connectivity index (χ0v) is 7.45. The average Bonchev–Trinajstić information content (AvgIpc) is 0. The summed E-state index contributed by atoms with van der Waals surface area (Å²) in [5.41, 5.74) is 0. The molecule has 0 spiro atoms. The summed E-state index contributed by atoms with van der Waals surface area (Å²) in [5.74, 6) is 0. The fraction of sp³-hybridized carbons (Fsp3) is 0. The van der Waals surface area contributed by atoms with Crippen molar-refractivity contribution in [1.29, 1.82) is 0 Å². The van der Waals surface area contributed by atoms with Crippen molar-refractivity contribution < 1.29 is 97.6 Å². The number of hydrogen-bond acceptors (Lipinski definition) is 0. The van der Waals surface area contributed by atoms with Gasteiger partial charge in [0.05, 0.1) is 0 Å². The van der Waals surface area contributed by atoms with Crippen LogP contribution in [-0.2, 0) is 32.7 Å². The molecule has 0 saturated carbocycles. The van der Waals surface area contributed by atoms with Crippen molar-refractivity contribution in [3.8, 4) is 0 Å². The summed E-state index contributed by atoms with van der Waals surface area (Å²) in [6.45, 7) is 0. The maximum atomic E-state index is 0. The van der Waals surface area contributed by atoms with Gasteiger partial charge < -0.3 is 1.43 Å². The molecule has 0 unspecified atom stereocenters. The van der Waals surface area contributed by atoms with E-state index in [1.54, 1.807) is 0 Å². The first kappa shape index (κ1) is 28.2. The Bertz CT molecular complexity index is 11.6. The molecule has 0 fully saturated rings. The maximum absolute atomic E-state index is 0. The maximum Gasteiger partial charge on any atom is 1.00 e. The number of rotatable bonds is 0. The molecule has 0 aliphatic carbocycles. The third-order valence-corrected chi connectivity index (χ3v) is 0. The molecule has 0 aliphatic rings. The molecule has 0 rings (SSSR count). The van der Waals surface area contributed by atoms with E-state index in [1.165, 1.54) is 0 Å². The van der Waals surface area contributed by atoms with Crippen LogP contribution in [-0.4, -0.2) is 0 Å². The van der Waals surface area contributed by atoms with Gasteiger partial charge in [-0.3, -0.25) is 4.70 Å². The van der Waals surface area contributed by atoms with Crippen LogP contribution in [0.25, 0.3) is 0 Å². The van der Waals surface area contributed by atoms with Gasteiger partial charge in [0.25, 0.3) is 0 Å². The molecule has 0 bridgehead atoms. The minimum Gasteiger partial charge on any atom is -1.00 e. The van der Waals surface area contributed by atoms with E-state index in [-0.39, 0.29) is 97.6 Å². The molecule has 0 aromatic heterocycles. The molecular weight excluding hydrogens is 272 g/mol. The zero-order valence-electron chi connectivity index (χ0n) is 3.34. The Morgan fingerprint density at radius 2 is 1.25 bits per heavy atom. The molecule has 0 amide bonds. The molecule has 0 aromatic rings. The van der Waals surface area contributed by atoms with E-state index in [4.69, 9.17) is 0 Å². The van der Waals surface area contributed by atoms with Crippen molar-refractivity contribution in [2.75, 3.05) is 0 Å². The van der Waals surface area contributed by atoms with Gasteiger partial charge in [0, 0.05) is 72.6 Å². The molecule has 0 saturated heterocycles. The summed E-state index contributed by atoms with van der Waals surface area (Å²) in [6.07, 6.45) is 0. The van der Waals surface area contributed by atoms with E-state index >= 15 is 0 Å². The van der Waals surface area contributed by atoms with Gasteiger partial charge in [0.15, 0.2) is 0 Å². The van der Waals surface area contributed by atoms with Gasteiger partial charge in [-0.15, -0.1) is 0 Å². The molecular formula is H2FGdLiY. The average molecular weight is 274 g/mol. The van der Waals surface area contributed by atoms with Gasteiger partial charge in [-0.05, 0) is 0 Å². The standard InChI is InChI=1S/FH.Gd.Li.Y.H/h1H;;;;/q;;+1;;-1. The van der Waals surface area contributed by atoms with Crippen LogP contribution in [0, 0.1) is 39.9 Å². The van der Waals surface area contributed by atoms with Gasteiger partial charge in [0.2, 0.25) is 0 Å². The van der Waals surface area contributed by atoms with Crippen LogP contribution in [0.5, 0.6) is 0 Å². The second-order valence-electron chi connectivity index (χ2n) is 0. The Hall–Kier alpha value is 2.96. The van der Waals surface area contributed by atoms with Crippen LogP contribution < -0.4 is 18.9 Å². The van der Waals surface area contributed by atoms with Gasteiger partial charge >= 0.3 is 18.9 Å². The second kappa shape index (κ2) is 16.7. The molecule has 0 N–H and O–H groups in total. The zero-order chi connectivity index (χ0) is 0. The Morgan fingerprint density at radius 3 is 1.25 bits per heavy atom. The predicted molar refractivity (Wildman–Crippen MR) is 3.62 cm³/mol. The summed E-state index contributed by atoms with van der Waals surface area (Å²) in [6, 6.07) is 0. The summed E-state index contributed by atoms with van der Waals surface area (Å²) in [7, 11) is 0. The van der Waals surface area contributed by atoms with Crippen LogP contribution in [0.4, 0.5) is 4.70 Å². The smallest absolute Gasteiger partial charge is 1.00 e. The summed E-state index contributed by atoms with van der Waals surface area (Å²) in [5, 5.41) is 0. The molecule has 0 atom stereocenters. The molecule has 1 radical (unpaired) electrons. The Morgan fingerprint density at radius 1 is 1.25 bits per heavy atom. The van der Waals surface area contributed by atoms with Crippen molar-refractivity contribution in [3.05, 3.63) is 0 Å². The van der Waals surface area contributed by atoms with E-state index in [0.29, 0.717) is 0 Å². The summed E-state index contributed by atoms with van der Waals surface area (Å²) in [4.78, 5) is 0. The van der Waals surface area contributed by atoms with Gasteiger partial charge in [-0.2, -0.15) is 0 Å². The topological polar surface area (TPSA) is 0 Å². The molecule has 0 aliphatic heterocycles. The molecule has 4 heavy (non-hydrogen) atoms. The van der Waals surface area contributed by atoms with E-state index in [2.05, 4.69) is 0 Å². The first-order valence-electron chi connectivity index (χ1n) is 0. The number of hydrogen-bond donors (Lipinski definition) is 0. The Balaban J connectivity index is 0. The third-order valence-electron chi connectivity index (χ3n) is 0. The SMILES string of the molecule is F.[Gd].[H-].[Li+].[Y]. The van der Waals surface area contributed by atoms with E-state index in [1.807, 2.05) is 0 Å². The first-order valence-corrected chi connectivity index (χ1v) is 0. The van der Waals surface area contributed by atoms with Crippen molar-refractivity contribution in [1.82, 2.24) is 0 Å². The minimum atomic E-state index is 0. The van der Waals surface area contributed by atoms with Crippen LogP contribution in [0.1, 0.15) is 1.43 Å². The summed E-state index contributed by atoms with van der Waals surface area (Å²) >= 11 is 0. The van der Waals surface area contributed by atoms with E-state index in [9.17, 15) is 0 Å². The van der Waals surface area contributed by atoms with Crippen LogP contribution in [0.3, 0.4) is 0 Å². The Kier molecular flexibility index (Phi) is 118. The molecule has 0 nitrogen and oxygen atoms in total. The van der Waals surface area contributed by atoms with Gasteiger partial charge in [-0.25, -0.2) is 0 Å². The fourth-order valence-corrected chi connectivity index (χ4v) is 0. The van der Waals surface area contributed by atoms with Crippen molar-refractivity contribution in [2.45, 2.75) is 0 Å². The quantitative estimate of drug-likeness (QED) is 0.421. The van der Waals surface area contributed by atoms with Crippen LogP contribution in [0.2, 0.25) is 0 Å². The van der Waals surface area contributed by atoms with Crippen molar-refractivity contribution in [3.63, 3.8) is 0 Å². The van der Waals surface area contributed by atoms with E-state index < -0.39 is 0 Å². The first-order chi connectivity index (χ1) is 0. The molecule has 0 heterocycles.